The number of amides is 1. The zero-order valence-corrected chi connectivity index (χ0v) is 17.3. The summed E-state index contributed by atoms with van der Waals surface area (Å²) in [6.07, 6.45) is 3.44. The minimum Gasteiger partial charge on any atom is -0.480 e. The van der Waals surface area contributed by atoms with Crippen LogP contribution in [0.4, 0.5) is 16.2 Å². The van der Waals surface area contributed by atoms with Gasteiger partial charge in [0.2, 0.25) is 0 Å². The lowest BCUT2D eigenvalue weighted by Gasteiger charge is -2.29. The summed E-state index contributed by atoms with van der Waals surface area (Å²) >= 11 is 0. The predicted octanol–water partition coefficient (Wildman–Crippen LogP) is 5.18. The van der Waals surface area contributed by atoms with Gasteiger partial charge >= 0.3 is 12.1 Å². The number of aryl methyl sites for hydroxylation is 1. The number of carboxylic acids is 1. The number of para-hydroxylation sites is 1. The zero-order valence-electron chi connectivity index (χ0n) is 17.3. The van der Waals surface area contributed by atoms with Crippen molar-refractivity contribution in [3.63, 3.8) is 0 Å². The van der Waals surface area contributed by atoms with Gasteiger partial charge in [-0.05, 0) is 74.3 Å². The molecule has 1 aliphatic rings. The molecule has 1 N–H and O–H groups in total. The van der Waals surface area contributed by atoms with Crippen molar-refractivity contribution in [2.75, 3.05) is 24.7 Å². The van der Waals surface area contributed by atoms with Gasteiger partial charge in [0.1, 0.15) is 6.61 Å². The molecule has 160 valence electrons. The second kappa shape index (κ2) is 10.8. The fourth-order valence-corrected chi connectivity index (χ4v) is 3.84. The first-order chi connectivity index (χ1) is 14.5. The van der Waals surface area contributed by atoms with Gasteiger partial charge in [0.15, 0.2) is 0 Å². The molecule has 0 unspecified atom stereocenters. The minimum atomic E-state index is -0.938. The molecule has 0 bridgehead atoms. The van der Waals surface area contributed by atoms with Crippen molar-refractivity contribution >= 4 is 23.4 Å². The first kappa shape index (κ1) is 21.8. The molecule has 3 rings (SSSR count). The van der Waals surface area contributed by atoms with E-state index < -0.39 is 5.97 Å². The number of hydrogen-bond acceptors (Lipinski definition) is 4. The highest BCUT2D eigenvalue weighted by Crippen LogP contribution is 2.31. The predicted molar refractivity (Wildman–Crippen MR) is 115 cm³/mol. The molecule has 2 aromatic rings. The number of carbonyl (C=O) groups is 2. The third kappa shape index (κ3) is 6.32. The molecular formula is C24H29NO5. The van der Waals surface area contributed by atoms with E-state index in [1.165, 1.54) is 0 Å². The van der Waals surface area contributed by atoms with E-state index in [4.69, 9.17) is 14.6 Å². The second-order valence-electron chi connectivity index (χ2n) is 7.88. The normalized spacial score (nSPS) is 18.6. The Morgan fingerprint density at radius 1 is 0.933 bits per heavy atom. The molecule has 0 aromatic heterocycles. The topological polar surface area (TPSA) is 76.1 Å². The molecule has 1 saturated carbocycles. The summed E-state index contributed by atoms with van der Waals surface area (Å²) in [5.74, 6) is -0.239. The maximum atomic E-state index is 13.0. The quantitative estimate of drug-likeness (QED) is 0.648. The van der Waals surface area contributed by atoms with E-state index in [0.717, 1.165) is 42.6 Å². The Bertz CT molecular complexity index is 830. The molecule has 6 heteroatoms. The number of carbonyl (C=O) groups excluding carboxylic acids is 1. The highest BCUT2D eigenvalue weighted by atomic mass is 16.6. The lowest BCUT2D eigenvalue weighted by atomic mass is 9.83. The van der Waals surface area contributed by atoms with Crippen LogP contribution < -0.4 is 4.90 Å². The zero-order chi connectivity index (χ0) is 21.3. The summed E-state index contributed by atoms with van der Waals surface area (Å²) in [5, 5.41) is 8.65. The lowest BCUT2D eigenvalue weighted by molar-refractivity contribution is -0.142. The van der Waals surface area contributed by atoms with Crippen molar-refractivity contribution in [2.24, 2.45) is 11.8 Å². The summed E-state index contributed by atoms with van der Waals surface area (Å²) < 4.78 is 10.9. The first-order valence-corrected chi connectivity index (χ1v) is 10.4. The Morgan fingerprint density at radius 3 is 2.20 bits per heavy atom. The molecule has 0 heterocycles. The van der Waals surface area contributed by atoms with Gasteiger partial charge in [-0.25, -0.2) is 14.5 Å². The Balaban J connectivity index is 1.55. The van der Waals surface area contributed by atoms with Crippen LogP contribution in [0.1, 0.15) is 31.2 Å². The van der Waals surface area contributed by atoms with E-state index in [1.807, 2.05) is 61.5 Å². The van der Waals surface area contributed by atoms with Crippen LogP contribution in [0.15, 0.2) is 54.6 Å². The van der Waals surface area contributed by atoms with Crippen LogP contribution in [-0.2, 0) is 14.3 Å². The monoisotopic (exact) mass is 411 g/mol. The largest absolute Gasteiger partial charge is 0.480 e. The summed E-state index contributed by atoms with van der Waals surface area (Å²) in [6.45, 7) is 2.62. The van der Waals surface area contributed by atoms with Gasteiger partial charge in [-0.15, -0.1) is 0 Å². The number of aliphatic carboxylic acids is 1. The number of ether oxygens (including phenoxy) is 2. The van der Waals surface area contributed by atoms with E-state index in [0.29, 0.717) is 25.0 Å². The summed E-state index contributed by atoms with van der Waals surface area (Å²) in [7, 11) is 0. The lowest BCUT2D eigenvalue weighted by Crippen LogP contribution is -2.30. The van der Waals surface area contributed by atoms with Crippen LogP contribution >= 0.6 is 0 Å². The molecule has 6 nitrogen and oxygen atoms in total. The SMILES string of the molecule is Cc1cccc(N(C(=O)OC[C@H]2CC[C@@H](COCC(=O)O)CC2)c2ccccc2)c1. The Hall–Kier alpha value is -2.86. The molecule has 1 amide bonds. The Kier molecular flexibility index (Phi) is 7.85. The number of anilines is 2. The third-order valence-electron chi connectivity index (χ3n) is 5.44. The molecule has 1 aliphatic carbocycles. The molecule has 0 radical (unpaired) electrons. The van der Waals surface area contributed by atoms with Gasteiger partial charge < -0.3 is 14.6 Å². The average molecular weight is 411 g/mol. The van der Waals surface area contributed by atoms with Crippen LogP contribution in [0.25, 0.3) is 0 Å². The van der Waals surface area contributed by atoms with E-state index in [9.17, 15) is 9.59 Å². The minimum absolute atomic E-state index is 0.244. The molecule has 0 spiro atoms. The number of hydrogen-bond donors (Lipinski definition) is 1. The first-order valence-electron chi connectivity index (χ1n) is 10.4. The fourth-order valence-electron chi connectivity index (χ4n) is 3.84. The molecule has 2 aromatic carbocycles. The number of benzene rings is 2. The molecule has 0 aliphatic heterocycles. The van der Waals surface area contributed by atoms with Gasteiger partial charge in [-0.2, -0.15) is 0 Å². The Labute approximate surface area is 177 Å². The van der Waals surface area contributed by atoms with Crippen LogP contribution in [0.5, 0.6) is 0 Å². The van der Waals surface area contributed by atoms with Crippen LogP contribution in [0.3, 0.4) is 0 Å². The van der Waals surface area contributed by atoms with Crippen LogP contribution in [0, 0.1) is 18.8 Å². The van der Waals surface area contributed by atoms with Crippen molar-refractivity contribution in [1.29, 1.82) is 0 Å². The van der Waals surface area contributed by atoms with E-state index in [-0.39, 0.29) is 12.7 Å². The van der Waals surface area contributed by atoms with Gasteiger partial charge in [0, 0.05) is 0 Å². The van der Waals surface area contributed by atoms with Crippen LogP contribution in [-0.4, -0.2) is 37.0 Å². The van der Waals surface area contributed by atoms with Crippen molar-refractivity contribution in [2.45, 2.75) is 32.6 Å². The number of rotatable bonds is 8. The Morgan fingerprint density at radius 2 is 1.57 bits per heavy atom. The standard InChI is InChI=1S/C24H29NO5/c1-18-6-5-9-22(14-18)25(21-7-3-2-4-8-21)24(28)30-16-20-12-10-19(11-13-20)15-29-17-23(26)27/h2-9,14,19-20H,10-13,15-17H2,1H3,(H,26,27)/t19-,20+. The fraction of sp³-hybridized carbons (Fsp3) is 0.417. The van der Waals surface area contributed by atoms with E-state index in [2.05, 4.69) is 0 Å². The van der Waals surface area contributed by atoms with Crippen molar-refractivity contribution in [3.05, 3.63) is 60.2 Å². The third-order valence-corrected chi connectivity index (χ3v) is 5.44. The van der Waals surface area contributed by atoms with Crippen molar-refractivity contribution < 1.29 is 24.2 Å². The van der Waals surface area contributed by atoms with Crippen molar-refractivity contribution in [1.82, 2.24) is 0 Å². The average Bonchev–Trinajstić information content (AvgIpc) is 2.74. The summed E-state index contributed by atoms with van der Waals surface area (Å²) in [4.78, 5) is 25.1. The number of carboxylic acid groups (broad SMARTS) is 1. The van der Waals surface area contributed by atoms with Gasteiger partial charge in [-0.1, -0.05) is 30.3 Å². The smallest absolute Gasteiger partial charge is 0.418 e. The summed E-state index contributed by atoms with van der Waals surface area (Å²) in [6, 6.07) is 17.3. The van der Waals surface area contributed by atoms with Crippen LogP contribution in [0.2, 0.25) is 0 Å². The molecular weight excluding hydrogens is 382 g/mol. The van der Waals surface area contributed by atoms with E-state index >= 15 is 0 Å². The summed E-state index contributed by atoms with van der Waals surface area (Å²) in [5.41, 5.74) is 2.63. The van der Waals surface area contributed by atoms with Crippen molar-refractivity contribution in [3.8, 4) is 0 Å². The van der Waals surface area contributed by atoms with E-state index in [1.54, 1.807) is 4.90 Å². The molecule has 0 atom stereocenters. The molecule has 0 saturated heterocycles. The van der Waals surface area contributed by atoms with Gasteiger partial charge in [-0.3, -0.25) is 0 Å². The second-order valence-corrected chi connectivity index (χ2v) is 7.88. The maximum Gasteiger partial charge on any atom is 0.418 e. The van der Waals surface area contributed by atoms with Gasteiger partial charge in [0.05, 0.1) is 24.6 Å². The molecule has 30 heavy (non-hydrogen) atoms. The highest BCUT2D eigenvalue weighted by molar-refractivity contribution is 5.96. The molecule has 1 fully saturated rings. The number of nitrogens with zero attached hydrogens (tertiary/aromatic N) is 1. The highest BCUT2D eigenvalue weighted by Gasteiger charge is 2.25. The maximum absolute atomic E-state index is 13.0. The van der Waals surface area contributed by atoms with Gasteiger partial charge in [0.25, 0.3) is 0 Å².